The van der Waals surface area contributed by atoms with Crippen molar-refractivity contribution in [3.05, 3.63) is 59.9 Å². The molecule has 0 radical (unpaired) electrons. The summed E-state index contributed by atoms with van der Waals surface area (Å²) in [6.07, 6.45) is 2.15. The number of nitrogens with zero attached hydrogens (tertiary/aromatic N) is 2. The largest absolute Gasteiger partial charge is 0.342 e. The van der Waals surface area contributed by atoms with Gasteiger partial charge < -0.3 is 15.2 Å². The van der Waals surface area contributed by atoms with Gasteiger partial charge in [-0.1, -0.05) is 38.1 Å². The van der Waals surface area contributed by atoms with Gasteiger partial charge in [-0.2, -0.15) is 0 Å². The summed E-state index contributed by atoms with van der Waals surface area (Å²) >= 11 is 1.43. The predicted molar refractivity (Wildman–Crippen MR) is 124 cm³/mol. The van der Waals surface area contributed by atoms with Crippen molar-refractivity contribution < 1.29 is 9.59 Å². The first-order valence-corrected chi connectivity index (χ1v) is 11.8. The van der Waals surface area contributed by atoms with E-state index < -0.39 is 0 Å². The Kier molecular flexibility index (Phi) is 6.61. The molecule has 1 fully saturated rings. The maximum Gasteiger partial charge on any atom is 0.253 e. The molecular formula is C24H28N4O2S. The number of fused-ring (bicyclic) bond motifs is 1. The number of para-hydroxylation sites is 2. The minimum Gasteiger partial charge on any atom is -0.342 e. The van der Waals surface area contributed by atoms with E-state index in [1.54, 1.807) is 0 Å². The number of amides is 2. The molecule has 2 heterocycles. The molecule has 2 N–H and O–H groups in total. The Morgan fingerprint density at radius 2 is 1.81 bits per heavy atom. The lowest BCUT2D eigenvalue weighted by Crippen LogP contribution is -2.33. The van der Waals surface area contributed by atoms with Crippen LogP contribution in [-0.2, 0) is 4.79 Å². The molecule has 4 rings (SSSR count). The Labute approximate surface area is 186 Å². The SMILES string of the molecule is CC(C)C(NC(=O)c1ccccc1SCC(=O)N1CCCC1)c1nc2ccccc2[nH]1. The minimum absolute atomic E-state index is 0.139. The fourth-order valence-corrected chi connectivity index (χ4v) is 4.82. The molecule has 0 saturated carbocycles. The van der Waals surface area contributed by atoms with Gasteiger partial charge in [-0.05, 0) is 43.0 Å². The van der Waals surface area contributed by atoms with Crippen molar-refractivity contribution in [2.45, 2.75) is 37.6 Å². The van der Waals surface area contributed by atoms with Gasteiger partial charge in [0.1, 0.15) is 5.82 Å². The number of carbonyl (C=O) groups excluding carboxylic acids is 2. The van der Waals surface area contributed by atoms with Crippen LogP contribution in [0.3, 0.4) is 0 Å². The van der Waals surface area contributed by atoms with Gasteiger partial charge >= 0.3 is 0 Å². The van der Waals surface area contributed by atoms with Gasteiger partial charge in [-0.15, -0.1) is 11.8 Å². The predicted octanol–water partition coefficient (Wildman–Crippen LogP) is 4.40. The minimum atomic E-state index is -0.246. The molecule has 1 saturated heterocycles. The van der Waals surface area contributed by atoms with Crippen LogP contribution in [0.2, 0.25) is 0 Å². The van der Waals surface area contributed by atoms with Gasteiger partial charge in [-0.3, -0.25) is 9.59 Å². The summed E-state index contributed by atoms with van der Waals surface area (Å²) in [7, 11) is 0. The Hall–Kier alpha value is -2.80. The first kappa shape index (κ1) is 21.4. The summed E-state index contributed by atoms with van der Waals surface area (Å²) in [5.74, 6) is 1.23. The highest BCUT2D eigenvalue weighted by Crippen LogP contribution is 2.26. The Bertz CT molecular complexity index is 1040. The van der Waals surface area contributed by atoms with Gasteiger partial charge in [0.2, 0.25) is 5.91 Å². The lowest BCUT2D eigenvalue weighted by molar-refractivity contribution is -0.127. The van der Waals surface area contributed by atoms with Crippen LogP contribution in [0.15, 0.2) is 53.4 Å². The molecule has 0 bridgehead atoms. The highest BCUT2D eigenvalue weighted by Gasteiger charge is 2.24. The third kappa shape index (κ3) is 4.93. The molecule has 31 heavy (non-hydrogen) atoms. The van der Waals surface area contributed by atoms with E-state index in [-0.39, 0.29) is 23.8 Å². The molecule has 1 unspecified atom stereocenters. The van der Waals surface area contributed by atoms with Crippen LogP contribution in [0.4, 0.5) is 0 Å². The number of likely N-dealkylation sites (tertiary alicyclic amines) is 1. The van der Waals surface area contributed by atoms with E-state index >= 15 is 0 Å². The van der Waals surface area contributed by atoms with Gasteiger partial charge in [0, 0.05) is 18.0 Å². The van der Waals surface area contributed by atoms with E-state index in [0.717, 1.165) is 47.7 Å². The van der Waals surface area contributed by atoms with Crippen molar-refractivity contribution >= 4 is 34.6 Å². The zero-order valence-corrected chi connectivity index (χ0v) is 18.7. The fraction of sp³-hybridized carbons (Fsp3) is 0.375. The average molecular weight is 437 g/mol. The molecule has 2 aromatic carbocycles. The third-order valence-corrected chi connectivity index (χ3v) is 6.66. The zero-order valence-electron chi connectivity index (χ0n) is 17.9. The number of carbonyl (C=O) groups is 2. The van der Waals surface area contributed by atoms with Crippen LogP contribution in [0.1, 0.15) is 48.9 Å². The van der Waals surface area contributed by atoms with Crippen molar-refractivity contribution in [2.24, 2.45) is 5.92 Å². The molecule has 1 aromatic heterocycles. The molecule has 2 amide bonds. The summed E-state index contributed by atoms with van der Waals surface area (Å²) in [4.78, 5) is 36.4. The molecular weight excluding hydrogens is 408 g/mol. The highest BCUT2D eigenvalue weighted by molar-refractivity contribution is 8.00. The maximum absolute atomic E-state index is 13.2. The molecule has 162 valence electrons. The van der Waals surface area contributed by atoms with E-state index in [2.05, 4.69) is 29.1 Å². The van der Waals surface area contributed by atoms with Gasteiger partial charge in [-0.25, -0.2) is 4.98 Å². The number of imidazole rings is 1. The molecule has 1 aliphatic heterocycles. The van der Waals surface area contributed by atoms with Crippen LogP contribution in [0, 0.1) is 5.92 Å². The number of rotatable bonds is 7. The number of aromatic nitrogens is 2. The molecule has 3 aromatic rings. The van der Waals surface area contributed by atoms with E-state index in [4.69, 9.17) is 0 Å². The van der Waals surface area contributed by atoms with Crippen LogP contribution in [0.25, 0.3) is 11.0 Å². The summed E-state index contributed by atoms with van der Waals surface area (Å²) in [5, 5.41) is 3.15. The summed E-state index contributed by atoms with van der Waals surface area (Å²) in [5.41, 5.74) is 2.42. The van der Waals surface area contributed by atoms with E-state index in [1.807, 2.05) is 53.4 Å². The van der Waals surface area contributed by atoms with Crippen LogP contribution >= 0.6 is 11.8 Å². The highest BCUT2D eigenvalue weighted by atomic mass is 32.2. The van der Waals surface area contributed by atoms with Crippen LogP contribution in [-0.4, -0.2) is 45.5 Å². The maximum atomic E-state index is 13.2. The second-order valence-electron chi connectivity index (χ2n) is 8.21. The number of H-pyrrole nitrogens is 1. The van der Waals surface area contributed by atoms with Crippen molar-refractivity contribution in [3.63, 3.8) is 0 Å². The first-order chi connectivity index (χ1) is 15.0. The monoisotopic (exact) mass is 436 g/mol. The van der Waals surface area contributed by atoms with Gasteiger partial charge in [0.15, 0.2) is 0 Å². The summed E-state index contributed by atoms with van der Waals surface area (Å²) in [6, 6.07) is 15.1. The second-order valence-corrected chi connectivity index (χ2v) is 9.22. The van der Waals surface area contributed by atoms with E-state index in [0.29, 0.717) is 11.3 Å². The number of aromatic amines is 1. The Balaban J connectivity index is 1.49. The standard InChI is InChI=1S/C24H28N4O2S/c1-16(2)22(23-25-18-10-4-5-11-19(18)26-23)27-24(30)17-9-3-6-12-20(17)31-15-21(29)28-13-7-8-14-28/h3-6,9-12,16,22H,7-8,13-15H2,1-2H3,(H,25,26)(H,27,30). The van der Waals surface area contributed by atoms with Crippen LogP contribution in [0.5, 0.6) is 0 Å². The smallest absolute Gasteiger partial charge is 0.253 e. The Morgan fingerprint density at radius 3 is 2.55 bits per heavy atom. The van der Waals surface area contributed by atoms with E-state index in [1.165, 1.54) is 11.8 Å². The summed E-state index contributed by atoms with van der Waals surface area (Å²) < 4.78 is 0. The number of thioether (sulfide) groups is 1. The van der Waals surface area contributed by atoms with Crippen molar-refractivity contribution in [2.75, 3.05) is 18.8 Å². The zero-order chi connectivity index (χ0) is 21.8. The van der Waals surface area contributed by atoms with Gasteiger partial charge in [0.25, 0.3) is 5.91 Å². The van der Waals surface area contributed by atoms with E-state index in [9.17, 15) is 9.59 Å². The van der Waals surface area contributed by atoms with Crippen LogP contribution < -0.4 is 5.32 Å². The molecule has 1 aliphatic rings. The topological polar surface area (TPSA) is 78.1 Å². The lowest BCUT2D eigenvalue weighted by atomic mass is 10.0. The summed E-state index contributed by atoms with van der Waals surface area (Å²) in [6.45, 7) is 5.81. The molecule has 0 spiro atoms. The first-order valence-electron chi connectivity index (χ1n) is 10.8. The lowest BCUT2D eigenvalue weighted by Gasteiger charge is -2.21. The van der Waals surface area contributed by atoms with Crippen molar-refractivity contribution in [1.29, 1.82) is 0 Å². The molecule has 0 aliphatic carbocycles. The van der Waals surface area contributed by atoms with Crippen molar-refractivity contribution in [1.82, 2.24) is 20.2 Å². The molecule has 6 nitrogen and oxygen atoms in total. The average Bonchev–Trinajstić information content (AvgIpc) is 3.45. The number of nitrogens with one attached hydrogen (secondary N) is 2. The third-order valence-electron chi connectivity index (χ3n) is 5.60. The van der Waals surface area contributed by atoms with Gasteiger partial charge in [0.05, 0.1) is 28.4 Å². The van der Waals surface area contributed by atoms with Crippen molar-refractivity contribution in [3.8, 4) is 0 Å². The quantitative estimate of drug-likeness (QED) is 0.538. The number of hydrogen-bond donors (Lipinski definition) is 2. The fourth-order valence-electron chi connectivity index (χ4n) is 3.87. The molecule has 1 atom stereocenters. The normalized spacial score (nSPS) is 14.9. The number of benzene rings is 2. The second kappa shape index (κ2) is 9.56. The number of hydrogen-bond acceptors (Lipinski definition) is 4. The molecule has 7 heteroatoms. The Morgan fingerprint density at radius 1 is 1.10 bits per heavy atom.